The van der Waals surface area contributed by atoms with E-state index in [-0.39, 0.29) is 5.91 Å². The molecule has 1 unspecified atom stereocenters. The van der Waals surface area contributed by atoms with Crippen molar-refractivity contribution in [2.45, 2.75) is 32.7 Å². The summed E-state index contributed by atoms with van der Waals surface area (Å²) in [5.74, 6) is 0.314. The van der Waals surface area contributed by atoms with Gasteiger partial charge in [0.1, 0.15) is 0 Å². The molecule has 0 aromatic carbocycles. The summed E-state index contributed by atoms with van der Waals surface area (Å²) in [7, 11) is 0. The summed E-state index contributed by atoms with van der Waals surface area (Å²) in [6.45, 7) is 8.53. The normalized spacial score (nSPS) is 20.5. The number of nitrogens with zero attached hydrogens (tertiary/aromatic N) is 2. The molecule has 2 N–H and O–H groups in total. The Morgan fingerprint density at radius 2 is 2.28 bits per heavy atom. The number of halogens is 1. The van der Waals surface area contributed by atoms with E-state index >= 15 is 0 Å². The summed E-state index contributed by atoms with van der Waals surface area (Å²) < 4.78 is 0.800. The Kier molecular flexibility index (Phi) is 4.07. The molecule has 1 fully saturated rings. The minimum atomic E-state index is -0.00150. The Morgan fingerprint density at radius 3 is 2.83 bits per heavy atom. The molecule has 1 aromatic rings. The van der Waals surface area contributed by atoms with Gasteiger partial charge in [-0.15, -0.1) is 0 Å². The van der Waals surface area contributed by atoms with Crippen LogP contribution in [0.5, 0.6) is 0 Å². The van der Waals surface area contributed by atoms with Crippen molar-refractivity contribution in [3.63, 3.8) is 0 Å². The number of nitrogens with one attached hydrogen (secondary N) is 2. The molecular formula is C12H19BrN4O. The van der Waals surface area contributed by atoms with Gasteiger partial charge in [-0.3, -0.25) is 9.89 Å². The van der Waals surface area contributed by atoms with Gasteiger partial charge in [0.15, 0.2) is 5.69 Å². The van der Waals surface area contributed by atoms with E-state index in [4.69, 9.17) is 0 Å². The van der Waals surface area contributed by atoms with Gasteiger partial charge >= 0.3 is 0 Å². The van der Waals surface area contributed by atoms with Gasteiger partial charge in [0.25, 0.3) is 5.91 Å². The predicted octanol–water partition coefficient (Wildman–Crippen LogP) is 1.73. The molecule has 1 aromatic heterocycles. The van der Waals surface area contributed by atoms with Crippen molar-refractivity contribution in [1.82, 2.24) is 20.4 Å². The Morgan fingerprint density at radius 1 is 1.56 bits per heavy atom. The van der Waals surface area contributed by atoms with Crippen LogP contribution in [0.2, 0.25) is 0 Å². The third-order valence-corrected chi connectivity index (χ3v) is 3.97. The summed E-state index contributed by atoms with van der Waals surface area (Å²) >= 11 is 3.48. The number of aromatic nitrogens is 2. The lowest BCUT2D eigenvalue weighted by Gasteiger charge is -2.31. The molecule has 100 valence electrons. The van der Waals surface area contributed by atoms with Crippen molar-refractivity contribution in [2.75, 3.05) is 19.6 Å². The van der Waals surface area contributed by atoms with E-state index in [1.54, 1.807) is 0 Å². The third kappa shape index (κ3) is 2.59. The Labute approximate surface area is 115 Å². The maximum atomic E-state index is 12.4. The second kappa shape index (κ2) is 5.40. The number of aromatic amines is 1. The first-order valence-corrected chi connectivity index (χ1v) is 7.06. The van der Waals surface area contributed by atoms with Crippen LogP contribution in [0.3, 0.4) is 0 Å². The van der Waals surface area contributed by atoms with Gasteiger partial charge < -0.3 is 10.2 Å². The number of carbonyl (C=O) groups is 1. The highest BCUT2D eigenvalue weighted by Gasteiger charge is 2.26. The highest BCUT2D eigenvalue weighted by Crippen LogP contribution is 2.26. The van der Waals surface area contributed by atoms with Crippen molar-refractivity contribution in [3.8, 4) is 0 Å². The van der Waals surface area contributed by atoms with Crippen molar-refractivity contribution < 1.29 is 4.79 Å². The van der Waals surface area contributed by atoms with Crippen LogP contribution in [-0.4, -0.2) is 46.7 Å². The van der Waals surface area contributed by atoms with Crippen LogP contribution in [0, 0.1) is 0 Å². The fraction of sp³-hybridized carbons (Fsp3) is 0.667. The molecule has 1 atom stereocenters. The number of amides is 1. The van der Waals surface area contributed by atoms with Gasteiger partial charge in [0.2, 0.25) is 0 Å². The van der Waals surface area contributed by atoms with Crippen LogP contribution in [-0.2, 0) is 0 Å². The first-order chi connectivity index (χ1) is 8.50. The van der Waals surface area contributed by atoms with Crippen LogP contribution in [0.1, 0.15) is 42.9 Å². The van der Waals surface area contributed by atoms with Crippen LogP contribution in [0.4, 0.5) is 0 Å². The predicted molar refractivity (Wildman–Crippen MR) is 73.7 cm³/mol. The van der Waals surface area contributed by atoms with Crippen molar-refractivity contribution in [2.24, 2.45) is 0 Å². The smallest absolute Gasteiger partial charge is 0.275 e. The standard InChI is InChI=1S/C12H19BrN4O/c1-7(2)10-9(13)11(16-15-10)12(18)17-5-4-14-8(3)6-17/h7-8,14H,4-6H2,1-3H3,(H,15,16). The first kappa shape index (κ1) is 13.5. The minimum absolute atomic E-state index is 0.00150. The molecular weight excluding hydrogens is 296 g/mol. The van der Waals surface area contributed by atoms with Crippen LogP contribution < -0.4 is 5.32 Å². The van der Waals surface area contributed by atoms with Gasteiger partial charge in [-0.25, -0.2) is 0 Å². The molecule has 6 heteroatoms. The lowest BCUT2D eigenvalue weighted by molar-refractivity contribution is 0.0702. The van der Waals surface area contributed by atoms with Crippen molar-refractivity contribution >= 4 is 21.8 Å². The number of H-pyrrole nitrogens is 1. The van der Waals surface area contributed by atoms with Crippen LogP contribution in [0.25, 0.3) is 0 Å². The second-order valence-electron chi connectivity index (χ2n) is 5.06. The maximum absolute atomic E-state index is 12.4. The molecule has 18 heavy (non-hydrogen) atoms. The molecule has 2 heterocycles. The molecule has 1 aliphatic rings. The molecule has 1 aliphatic heterocycles. The fourth-order valence-electron chi connectivity index (χ4n) is 2.13. The van der Waals surface area contributed by atoms with Crippen LogP contribution in [0.15, 0.2) is 4.47 Å². The average molecular weight is 315 g/mol. The van der Waals surface area contributed by atoms with Crippen molar-refractivity contribution in [1.29, 1.82) is 0 Å². The van der Waals surface area contributed by atoms with E-state index < -0.39 is 0 Å². The number of carbonyl (C=O) groups excluding carboxylic acids is 1. The largest absolute Gasteiger partial charge is 0.334 e. The number of piperazine rings is 1. The molecule has 0 bridgehead atoms. The minimum Gasteiger partial charge on any atom is -0.334 e. The lowest BCUT2D eigenvalue weighted by atomic mass is 10.1. The molecule has 5 nitrogen and oxygen atoms in total. The summed E-state index contributed by atoms with van der Waals surface area (Å²) in [6, 6.07) is 0.338. The van der Waals surface area contributed by atoms with Gasteiger partial charge in [-0.2, -0.15) is 5.10 Å². The van der Waals surface area contributed by atoms with E-state index in [1.165, 1.54) is 0 Å². The molecule has 0 aliphatic carbocycles. The third-order valence-electron chi connectivity index (χ3n) is 3.17. The van der Waals surface area contributed by atoms with Crippen molar-refractivity contribution in [3.05, 3.63) is 15.9 Å². The van der Waals surface area contributed by atoms with Gasteiger partial charge in [0.05, 0.1) is 10.2 Å². The summed E-state index contributed by atoms with van der Waals surface area (Å²) in [4.78, 5) is 14.2. The zero-order chi connectivity index (χ0) is 13.3. The number of hydrogen-bond acceptors (Lipinski definition) is 3. The molecule has 2 rings (SSSR count). The van der Waals surface area contributed by atoms with Crippen LogP contribution >= 0.6 is 15.9 Å². The Hall–Kier alpha value is -0.880. The fourth-order valence-corrected chi connectivity index (χ4v) is 2.94. The van der Waals surface area contributed by atoms with Gasteiger partial charge in [0, 0.05) is 25.7 Å². The SMILES string of the molecule is CC1CN(C(=O)c2n[nH]c(C(C)C)c2Br)CCN1. The highest BCUT2D eigenvalue weighted by molar-refractivity contribution is 9.10. The van der Waals surface area contributed by atoms with E-state index in [2.05, 4.69) is 52.2 Å². The molecule has 1 saturated heterocycles. The molecule has 0 spiro atoms. The van der Waals surface area contributed by atoms with E-state index in [9.17, 15) is 4.79 Å². The van der Waals surface area contributed by atoms with Gasteiger partial charge in [-0.1, -0.05) is 13.8 Å². The Balaban J connectivity index is 2.18. The molecule has 0 saturated carbocycles. The van der Waals surface area contributed by atoms with E-state index in [0.29, 0.717) is 17.7 Å². The molecule has 1 amide bonds. The summed E-state index contributed by atoms with van der Waals surface area (Å²) in [5, 5.41) is 10.4. The number of hydrogen-bond donors (Lipinski definition) is 2. The monoisotopic (exact) mass is 314 g/mol. The summed E-state index contributed by atoms with van der Waals surface area (Å²) in [6.07, 6.45) is 0. The van der Waals surface area contributed by atoms with Gasteiger partial charge in [-0.05, 0) is 28.8 Å². The zero-order valence-corrected chi connectivity index (χ0v) is 12.5. The first-order valence-electron chi connectivity index (χ1n) is 6.27. The maximum Gasteiger partial charge on any atom is 0.275 e. The molecule has 0 radical (unpaired) electrons. The second-order valence-corrected chi connectivity index (χ2v) is 5.85. The Bertz CT molecular complexity index is 443. The van der Waals surface area contributed by atoms with E-state index in [1.807, 2.05) is 4.90 Å². The zero-order valence-electron chi connectivity index (χ0n) is 11.0. The lowest BCUT2D eigenvalue weighted by Crippen LogP contribution is -2.51. The van der Waals surface area contributed by atoms with E-state index in [0.717, 1.165) is 29.8 Å². The number of rotatable bonds is 2. The quantitative estimate of drug-likeness (QED) is 0.874. The highest BCUT2D eigenvalue weighted by atomic mass is 79.9. The summed E-state index contributed by atoms with van der Waals surface area (Å²) in [5.41, 5.74) is 1.47. The topological polar surface area (TPSA) is 61.0 Å². The average Bonchev–Trinajstić information content (AvgIpc) is 2.70.